The van der Waals surface area contributed by atoms with E-state index in [4.69, 9.17) is 5.14 Å². The van der Waals surface area contributed by atoms with E-state index >= 15 is 0 Å². The van der Waals surface area contributed by atoms with Crippen molar-refractivity contribution in [1.29, 1.82) is 0 Å². The van der Waals surface area contributed by atoms with Gasteiger partial charge in [-0.2, -0.15) is 5.21 Å². The Morgan fingerprint density at radius 3 is 2.42 bits per heavy atom. The van der Waals surface area contributed by atoms with Crippen molar-refractivity contribution < 1.29 is 16.8 Å². The number of primary sulfonamides is 1. The summed E-state index contributed by atoms with van der Waals surface area (Å²) >= 11 is 0. The lowest BCUT2D eigenvalue weighted by atomic mass is 9.99. The Morgan fingerprint density at radius 2 is 1.81 bits per heavy atom. The van der Waals surface area contributed by atoms with Gasteiger partial charge in [-0.05, 0) is 34.5 Å². The summed E-state index contributed by atoms with van der Waals surface area (Å²) in [4.78, 5) is -0.169. The van der Waals surface area contributed by atoms with Crippen molar-refractivity contribution in [3.8, 4) is 22.5 Å². The van der Waals surface area contributed by atoms with Crippen LogP contribution in [0.4, 0.5) is 5.69 Å². The maximum Gasteiger partial charge on any atom is 0.238 e. The maximum atomic E-state index is 12.0. The van der Waals surface area contributed by atoms with Crippen molar-refractivity contribution in [1.82, 2.24) is 20.6 Å². The quantitative estimate of drug-likeness (QED) is 0.569. The van der Waals surface area contributed by atoms with Gasteiger partial charge in [-0.1, -0.05) is 24.3 Å². The third kappa shape index (κ3) is 3.87. The third-order valence-corrected chi connectivity index (χ3v) is 4.94. The van der Waals surface area contributed by atoms with Gasteiger partial charge < -0.3 is 0 Å². The Balaban J connectivity index is 2.25. The Bertz CT molecular complexity index is 1160. The summed E-state index contributed by atoms with van der Waals surface area (Å²) in [6, 6.07) is 11.0. The molecule has 2 aromatic carbocycles. The first-order chi connectivity index (χ1) is 12.1. The van der Waals surface area contributed by atoms with Gasteiger partial charge in [0.1, 0.15) is 0 Å². The predicted molar refractivity (Wildman–Crippen MR) is 94.9 cm³/mol. The normalized spacial score (nSPS) is 12.1. The highest BCUT2D eigenvalue weighted by Gasteiger charge is 2.22. The Morgan fingerprint density at radius 1 is 1.08 bits per heavy atom. The zero-order chi connectivity index (χ0) is 18.9. The maximum absolute atomic E-state index is 12.0. The molecule has 3 aromatic rings. The highest BCUT2D eigenvalue weighted by atomic mass is 32.2. The molecule has 0 unspecified atom stereocenters. The number of rotatable bonds is 5. The fraction of sp³-hybridized carbons (Fsp3) is 0.0714. The molecule has 0 aliphatic carbocycles. The molecule has 0 saturated carbocycles. The summed E-state index contributed by atoms with van der Waals surface area (Å²) in [6.45, 7) is 0. The van der Waals surface area contributed by atoms with Crippen molar-refractivity contribution in [2.45, 2.75) is 4.90 Å². The smallest absolute Gasteiger partial charge is 0.238 e. The van der Waals surface area contributed by atoms with Crippen LogP contribution in [0, 0.1) is 0 Å². The van der Waals surface area contributed by atoms with Crippen LogP contribution in [0.2, 0.25) is 0 Å². The molecule has 0 bridgehead atoms. The number of anilines is 1. The average Bonchev–Trinajstić information content (AvgIpc) is 3.06. The molecule has 0 radical (unpaired) electrons. The zero-order valence-electron chi connectivity index (χ0n) is 13.4. The lowest BCUT2D eigenvalue weighted by Gasteiger charge is -2.12. The van der Waals surface area contributed by atoms with Crippen molar-refractivity contribution in [2.24, 2.45) is 5.14 Å². The van der Waals surface area contributed by atoms with Gasteiger partial charge >= 0.3 is 0 Å². The number of hydrogen-bond acceptors (Lipinski definition) is 7. The monoisotopic (exact) mass is 394 g/mol. The Kier molecular flexibility index (Phi) is 4.48. The van der Waals surface area contributed by atoms with Gasteiger partial charge in [0.05, 0.1) is 16.7 Å². The molecule has 0 spiro atoms. The van der Waals surface area contributed by atoms with E-state index in [9.17, 15) is 16.8 Å². The molecule has 12 heteroatoms. The van der Waals surface area contributed by atoms with Gasteiger partial charge in [0.25, 0.3) is 0 Å². The second kappa shape index (κ2) is 6.48. The summed E-state index contributed by atoms with van der Waals surface area (Å²) in [5.74, 6) is 0.0473. The molecule has 0 fully saturated rings. The molecule has 1 heterocycles. The zero-order valence-corrected chi connectivity index (χ0v) is 15.0. The van der Waals surface area contributed by atoms with E-state index in [1.165, 1.54) is 12.1 Å². The van der Waals surface area contributed by atoms with Gasteiger partial charge in [-0.15, -0.1) is 10.2 Å². The number of hydrogen-bond donors (Lipinski definition) is 3. The van der Waals surface area contributed by atoms with Crippen molar-refractivity contribution in [3.05, 3.63) is 42.5 Å². The molecule has 3 rings (SSSR count). The number of aromatic nitrogens is 4. The predicted octanol–water partition coefficient (Wildman–Crippen LogP) is 0.553. The second-order valence-electron chi connectivity index (χ2n) is 5.41. The van der Waals surface area contributed by atoms with Gasteiger partial charge in [0.2, 0.25) is 25.9 Å². The van der Waals surface area contributed by atoms with Crippen molar-refractivity contribution >= 4 is 25.7 Å². The standard InChI is InChI=1S/C14H14N6O4S2/c1-25(21,22)18-10-5-2-4-9(8-10)11-6-3-7-12(26(15,23)24)13(11)14-16-19-20-17-14/h2-8,18H,1H3,(H2,15,23,24)(H,16,17,19,20). The first-order valence-electron chi connectivity index (χ1n) is 7.13. The van der Waals surface area contributed by atoms with Crippen LogP contribution in [-0.4, -0.2) is 43.7 Å². The Labute approximate surface area is 149 Å². The molecular weight excluding hydrogens is 380 g/mol. The van der Waals surface area contributed by atoms with E-state index in [-0.39, 0.29) is 16.3 Å². The second-order valence-corrected chi connectivity index (χ2v) is 8.69. The summed E-state index contributed by atoms with van der Waals surface area (Å²) in [6.07, 6.45) is 1.03. The summed E-state index contributed by atoms with van der Waals surface area (Å²) in [5.41, 5.74) is 1.49. The van der Waals surface area contributed by atoms with Crippen LogP contribution in [0.15, 0.2) is 47.4 Å². The van der Waals surface area contributed by atoms with Crippen molar-refractivity contribution in [2.75, 3.05) is 11.0 Å². The first kappa shape index (κ1) is 18.0. The van der Waals surface area contributed by atoms with Crippen LogP contribution in [0.1, 0.15) is 0 Å². The molecular formula is C14H14N6O4S2. The lowest BCUT2D eigenvalue weighted by molar-refractivity contribution is 0.597. The minimum Gasteiger partial charge on any atom is -0.284 e. The minimum absolute atomic E-state index is 0.0473. The number of nitrogens with two attached hydrogens (primary N) is 1. The number of nitrogens with one attached hydrogen (secondary N) is 2. The molecule has 0 saturated heterocycles. The first-order valence-corrected chi connectivity index (χ1v) is 10.6. The number of sulfonamides is 2. The molecule has 26 heavy (non-hydrogen) atoms. The van der Waals surface area contributed by atoms with E-state index in [1.807, 2.05) is 0 Å². The number of nitrogens with zero attached hydrogens (tertiary/aromatic N) is 3. The SMILES string of the molecule is CS(=O)(=O)Nc1cccc(-c2cccc(S(N)(=O)=O)c2-c2nn[nH]n2)c1. The molecule has 1 aromatic heterocycles. The average molecular weight is 394 g/mol. The highest BCUT2D eigenvalue weighted by Crippen LogP contribution is 2.35. The summed E-state index contributed by atoms with van der Waals surface area (Å²) < 4.78 is 49.2. The van der Waals surface area contributed by atoms with E-state index in [2.05, 4.69) is 25.3 Å². The van der Waals surface area contributed by atoms with Gasteiger partial charge in [0, 0.05) is 5.69 Å². The fourth-order valence-electron chi connectivity index (χ4n) is 2.47. The summed E-state index contributed by atoms with van der Waals surface area (Å²) in [5, 5.41) is 18.7. The van der Waals surface area contributed by atoms with E-state index in [1.54, 1.807) is 30.3 Å². The largest absolute Gasteiger partial charge is 0.284 e. The lowest BCUT2D eigenvalue weighted by Crippen LogP contribution is -2.14. The van der Waals surface area contributed by atoms with Gasteiger partial charge in [0.15, 0.2) is 0 Å². The van der Waals surface area contributed by atoms with Crippen LogP contribution in [0.5, 0.6) is 0 Å². The van der Waals surface area contributed by atoms with Crippen LogP contribution < -0.4 is 9.86 Å². The van der Waals surface area contributed by atoms with Crippen LogP contribution in [0.3, 0.4) is 0 Å². The molecule has 0 atom stereocenters. The molecule has 4 N–H and O–H groups in total. The number of tetrazole rings is 1. The van der Waals surface area contributed by atoms with Gasteiger partial charge in [-0.25, -0.2) is 22.0 Å². The topological polar surface area (TPSA) is 161 Å². The fourth-order valence-corrected chi connectivity index (χ4v) is 3.78. The highest BCUT2D eigenvalue weighted by molar-refractivity contribution is 7.92. The molecule has 0 aliphatic rings. The van der Waals surface area contributed by atoms with E-state index in [0.717, 1.165) is 6.26 Å². The molecule has 0 amide bonds. The number of H-pyrrole nitrogens is 1. The van der Waals surface area contributed by atoms with Crippen LogP contribution in [-0.2, 0) is 20.0 Å². The molecule has 0 aliphatic heterocycles. The molecule has 136 valence electrons. The van der Waals surface area contributed by atoms with Crippen molar-refractivity contribution in [3.63, 3.8) is 0 Å². The van der Waals surface area contributed by atoms with E-state index < -0.39 is 20.0 Å². The third-order valence-electron chi connectivity index (χ3n) is 3.38. The van der Waals surface area contributed by atoms with Crippen LogP contribution in [0.25, 0.3) is 22.5 Å². The van der Waals surface area contributed by atoms with Crippen LogP contribution >= 0.6 is 0 Å². The van der Waals surface area contributed by atoms with Gasteiger partial charge in [-0.3, -0.25) is 4.72 Å². The Hall–Kier alpha value is -2.83. The minimum atomic E-state index is -4.06. The number of benzene rings is 2. The number of aromatic amines is 1. The van der Waals surface area contributed by atoms with E-state index in [0.29, 0.717) is 16.8 Å². The molecule has 10 nitrogen and oxygen atoms in total. The summed E-state index contributed by atoms with van der Waals surface area (Å²) in [7, 11) is -7.53.